The second-order valence-electron chi connectivity index (χ2n) is 5.99. The average molecular weight is 407 g/mol. The van der Waals surface area contributed by atoms with Gasteiger partial charge < -0.3 is 5.32 Å². The molecule has 0 bridgehead atoms. The Kier molecular flexibility index (Phi) is 4.87. The van der Waals surface area contributed by atoms with Gasteiger partial charge in [-0.25, -0.2) is 4.68 Å². The molecule has 0 fully saturated rings. The van der Waals surface area contributed by atoms with Crippen molar-refractivity contribution in [3.8, 4) is 0 Å². The molecule has 4 aromatic rings. The number of nitro benzene ring substituents is 1. The van der Waals surface area contributed by atoms with Gasteiger partial charge in [0.2, 0.25) is 5.16 Å². The second kappa shape index (κ2) is 7.64. The zero-order valence-corrected chi connectivity index (χ0v) is 15.8. The maximum Gasteiger partial charge on any atom is 0.270 e. The van der Waals surface area contributed by atoms with Gasteiger partial charge in [-0.3, -0.25) is 19.9 Å². The Labute approximate surface area is 168 Å². The molecule has 0 aliphatic carbocycles. The van der Waals surface area contributed by atoms with E-state index in [0.29, 0.717) is 15.7 Å². The Hall–Kier alpha value is -3.86. The molecular weight excluding hydrogens is 394 g/mol. The normalized spacial score (nSPS) is 10.8. The number of anilines is 1. The summed E-state index contributed by atoms with van der Waals surface area (Å²) in [6.45, 7) is 0. The monoisotopic (exact) mass is 407 g/mol. The molecule has 11 heteroatoms. The molecule has 2 aromatic carbocycles. The summed E-state index contributed by atoms with van der Waals surface area (Å²) in [5.41, 5.74) is 0.461. The van der Waals surface area contributed by atoms with Crippen molar-refractivity contribution in [2.45, 2.75) is 10.1 Å². The van der Waals surface area contributed by atoms with E-state index < -0.39 is 10.8 Å². The number of aryl methyl sites for hydroxylation is 1. The lowest BCUT2D eigenvalue weighted by atomic mass is 10.1. The number of benzene rings is 2. The van der Waals surface area contributed by atoms with E-state index in [2.05, 4.69) is 25.8 Å². The lowest BCUT2D eigenvalue weighted by Crippen LogP contribution is -2.14. The molecule has 1 N–H and O–H groups in total. The van der Waals surface area contributed by atoms with Crippen LogP contribution in [0.5, 0.6) is 0 Å². The minimum absolute atomic E-state index is 0.139. The smallest absolute Gasteiger partial charge is 0.270 e. The minimum atomic E-state index is -0.547. The van der Waals surface area contributed by atoms with Crippen LogP contribution in [0.2, 0.25) is 0 Å². The third-order valence-corrected chi connectivity index (χ3v) is 5.22. The molecular formula is C18H13N7O3S. The molecule has 0 radical (unpaired) electrons. The fourth-order valence-corrected chi connectivity index (χ4v) is 3.55. The van der Waals surface area contributed by atoms with Gasteiger partial charge in [0.15, 0.2) is 0 Å². The topological polar surface area (TPSA) is 129 Å². The van der Waals surface area contributed by atoms with Crippen molar-refractivity contribution in [3.05, 3.63) is 70.5 Å². The van der Waals surface area contributed by atoms with Crippen LogP contribution in [0.3, 0.4) is 0 Å². The third-order valence-electron chi connectivity index (χ3n) is 4.12. The molecule has 2 aromatic heterocycles. The lowest BCUT2D eigenvalue weighted by molar-refractivity contribution is -0.384. The highest BCUT2D eigenvalue weighted by Gasteiger charge is 2.20. The number of hydrogen-bond donors (Lipinski definition) is 1. The summed E-state index contributed by atoms with van der Waals surface area (Å²) in [5.74, 6) is -0.496. The van der Waals surface area contributed by atoms with Gasteiger partial charge in [-0.05, 0) is 28.3 Å². The molecule has 0 saturated heterocycles. The van der Waals surface area contributed by atoms with Gasteiger partial charge in [-0.15, -0.1) is 5.10 Å². The van der Waals surface area contributed by atoms with Gasteiger partial charge in [0.1, 0.15) is 0 Å². The van der Waals surface area contributed by atoms with Gasteiger partial charge in [0.25, 0.3) is 11.6 Å². The molecule has 0 aliphatic rings. The summed E-state index contributed by atoms with van der Waals surface area (Å²) in [6.07, 6.45) is 3.23. The van der Waals surface area contributed by atoms with Gasteiger partial charge in [-0.1, -0.05) is 24.3 Å². The molecule has 0 unspecified atom stereocenters. The number of pyridine rings is 1. The Bertz CT molecular complexity index is 1240. The molecule has 144 valence electrons. The first-order valence-corrected chi connectivity index (χ1v) is 9.17. The summed E-state index contributed by atoms with van der Waals surface area (Å²) < 4.78 is 1.45. The SMILES string of the molecule is Cn1nnnc1Sc1ccc([N+](=O)[O-])cc1C(=O)Nc1cncc2ccccc12. The van der Waals surface area contributed by atoms with Crippen molar-refractivity contribution in [1.82, 2.24) is 25.2 Å². The third kappa shape index (κ3) is 3.75. The molecule has 1 amide bonds. The van der Waals surface area contributed by atoms with Crippen molar-refractivity contribution in [2.24, 2.45) is 7.05 Å². The largest absolute Gasteiger partial charge is 0.320 e. The van der Waals surface area contributed by atoms with Crippen molar-refractivity contribution in [1.29, 1.82) is 0 Å². The summed E-state index contributed by atoms with van der Waals surface area (Å²) in [4.78, 5) is 28.3. The number of rotatable bonds is 5. The highest BCUT2D eigenvalue weighted by molar-refractivity contribution is 7.99. The van der Waals surface area contributed by atoms with Crippen LogP contribution in [0.25, 0.3) is 10.8 Å². The predicted molar refractivity (Wildman–Crippen MR) is 106 cm³/mol. The molecule has 10 nitrogen and oxygen atoms in total. The number of aromatic nitrogens is 5. The van der Waals surface area contributed by atoms with E-state index >= 15 is 0 Å². The number of nitrogens with one attached hydrogen (secondary N) is 1. The van der Waals surface area contributed by atoms with E-state index in [1.165, 1.54) is 29.1 Å². The van der Waals surface area contributed by atoms with E-state index in [1.807, 2.05) is 24.3 Å². The van der Waals surface area contributed by atoms with E-state index in [4.69, 9.17) is 0 Å². The van der Waals surface area contributed by atoms with Crippen molar-refractivity contribution < 1.29 is 9.72 Å². The molecule has 0 aliphatic heterocycles. The van der Waals surface area contributed by atoms with E-state index in [0.717, 1.165) is 22.5 Å². The van der Waals surface area contributed by atoms with Crippen LogP contribution < -0.4 is 5.32 Å². The highest BCUT2D eigenvalue weighted by atomic mass is 32.2. The number of carbonyl (C=O) groups excluding carboxylic acids is 1. The van der Waals surface area contributed by atoms with E-state index in [9.17, 15) is 14.9 Å². The van der Waals surface area contributed by atoms with Crippen molar-refractivity contribution in [3.63, 3.8) is 0 Å². The van der Waals surface area contributed by atoms with Crippen LogP contribution in [0.15, 0.2) is 64.9 Å². The quantitative estimate of drug-likeness (QED) is 0.395. The molecule has 0 saturated carbocycles. The molecule has 0 atom stereocenters. The van der Waals surface area contributed by atoms with Gasteiger partial charge in [-0.2, -0.15) is 0 Å². The number of nitro groups is 1. The first-order chi connectivity index (χ1) is 14.0. The fourth-order valence-electron chi connectivity index (χ4n) is 2.71. The van der Waals surface area contributed by atoms with Gasteiger partial charge in [0.05, 0.1) is 22.4 Å². The number of non-ortho nitro benzene ring substituents is 1. The van der Waals surface area contributed by atoms with Gasteiger partial charge in [0, 0.05) is 41.0 Å². The first kappa shape index (κ1) is 18.5. The Morgan fingerprint density at radius 3 is 2.79 bits per heavy atom. The maximum atomic E-state index is 13.0. The maximum absolute atomic E-state index is 13.0. The molecule has 2 heterocycles. The van der Waals surface area contributed by atoms with Crippen LogP contribution in [0, 0.1) is 10.1 Å². The molecule has 29 heavy (non-hydrogen) atoms. The van der Waals surface area contributed by atoms with Gasteiger partial charge >= 0.3 is 0 Å². The summed E-state index contributed by atoms with van der Waals surface area (Å²) in [6, 6.07) is 11.6. The highest BCUT2D eigenvalue weighted by Crippen LogP contribution is 2.32. The number of nitrogens with zero attached hydrogens (tertiary/aromatic N) is 6. The number of carbonyl (C=O) groups is 1. The summed E-state index contributed by atoms with van der Waals surface area (Å²) in [7, 11) is 1.66. The van der Waals surface area contributed by atoms with Crippen molar-refractivity contribution >= 4 is 39.8 Å². The van der Waals surface area contributed by atoms with Crippen LogP contribution in [0.1, 0.15) is 10.4 Å². The lowest BCUT2D eigenvalue weighted by Gasteiger charge is -2.11. The second-order valence-corrected chi connectivity index (χ2v) is 7.00. The Morgan fingerprint density at radius 2 is 2.03 bits per heavy atom. The fraction of sp³-hybridized carbons (Fsp3) is 0.0556. The standard InChI is InChI=1S/C18H13N7O3S/c1-24-18(21-22-23-24)29-16-7-6-12(25(27)28)8-14(16)17(26)20-15-10-19-9-11-4-2-3-5-13(11)15/h2-10H,1H3,(H,20,26). The zero-order chi connectivity index (χ0) is 20.4. The van der Waals surface area contributed by atoms with Crippen LogP contribution in [-0.4, -0.2) is 36.0 Å². The summed E-state index contributed by atoms with van der Waals surface area (Å²) >= 11 is 1.14. The number of tetrazole rings is 1. The minimum Gasteiger partial charge on any atom is -0.320 e. The molecule has 4 rings (SSSR count). The summed E-state index contributed by atoms with van der Waals surface area (Å²) in [5, 5.41) is 27.3. The van der Waals surface area contributed by atoms with Crippen LogP contribution in [0.4, 0.5) is 11.4 Å². The predicted octanol–water partition coefficient (Wildman–Crippen LogP) is 3.07. The number of amides is 1. The molecule has 0 spiro atoms. The average Bonchev–Trinajstić information content (AvgIpc) is 3.13. The van der Waals surface area contributed by atoms with E-state index in [-0.39, 0.29) is 11.3 Å². The first-order valence-electron chi connectivity index (χ1n) is 8.35. The zero-order valence-electron chi connectivity index (χ0n) is 15.0. The number of fused-ring (bicyclic) bond motifs is 1. The van der Waals surface area contributed by atoms with Crippen LogP contribution in [-0.2, 0) is 7.05 Å². The van der Waals surface area contributed by atoms with Crippen molar-refractivity contribution in [2.75, 3.05) is 5.32 Å². The Morgan fingerprint density at radius 1 is 1.21 bits per heavy atom. The Balaban J connectivity index is 1.73. The van der Waals surface area contributed by atoms with Crippen LogP contribution >= 0.6 is 11.8 Å². The number of hydrogen-bond acceptors (Lipinski definition) is 8. The van der Waals surface area contributed by atoms with E-state index in [1.54, 1.807) is 13.2 Å².